The molecular weight excluding hydrogens is 330 g/mol. The minimum absolute atomic E-state index is 0.00638. The average molecular weight is 344 g/mol. The molecule has 1 aromatic heterocycles. The van der Waals surface area contributed by atoms with E-state index in [2.05, 4.69) is 15.9 Å². The van der Waals surface area contributed by atoms with Crippen molar-refractivity contribution in [2.75, 3.05) is 6.61 Å². The normalized spacial score (nSPS) is 10.7. The monoisotopic (exact) mass is 343 g/mol. The van der Waals surface area contributed by atoms with Gasteiger partial charge in [0.05, 0.1) is 12.1 Å². The highest BCUT2D eigenvalue weighted by atomic mass is 79.9. The Kier molecular flexibility index (Phi) is 4.06. The number of halogens is 1. The summed E-state index contributed by atoms with van der Waals surface area (Å²) in [5.74, 6) is 0.798. The Morgan fingerprint density at radius 2 is 1.71 bits per heavy atom. The largest absolute Gasteiger partial charge is 0.492 e. The third kappa shape index (κ3) is 3.16. The van der Waals surface area contributed by atoms with Crippen molar-refractivity contribution in [2.45, 2.75) is 6.54 Å². The zero-order valence-electron chi connectivity index (χ0n) is 11.3. The van der Waals surface area contributed by atoms with Crippen molar-refractivity contribution < 1.29 is 4.74 Å². The molecule has 0 spiro atoms. The summed E-state index contributed by atoms with van der Waals surface area (Å²) in [5.41, 5.74) is 0.928. The Hall–Kier alpha value is -2.07. The number of hydrogen-bond donors (Lipinski definition) is 0. The molecule has 21 heavy (non-hydrogen) atoms. The Balaban J connectivity index is 1.77. The van der Waals surface area contributed by atoms with Gasteiger partial charge in [-0.3, -0.25) is 4.79 Å². The third-order valence-electron chi connectivity index (χ3n) is 3.30. The quantitative estimate of drug-likeness (QED) is 0.720. The van der Waals surface area contributed by atoms with Crippen molar-refractivity contribution >= 4 is 26.8 Å². The summed E-state index contributed by atoms with van der Waals surface area (Å²) in [5, 5.41) is 1.06. The summed E-state index contributed by atoms with van der Waals surface area (Å²) in [6, 6.07) is 19.0. The molecule has 0 aliphatic rings. The molecule has 0 radical (unpaired) electrons. The SMILES string of the molecule is O=c1ccc2ccccc2n1CCOc1ccc(Br)cc1. The number of hydrogen-bond acceptors (Lipinski definition) is 2. The molecule has 0 unspecified atom stereocenters. The molecule has 3 rings (SSSR count). The number of fused-ring (bicyclic) bond motifs is 1. The number of rotatable bonds is 4. The van der Waals surface area contributed by atoms with Gasteiger partial charge in [0, 0.05) is 10.5 Å². The van der Waals surface area contributed by atoms with Crippen LogP contribution in [0.15, 0.2) is 69.9 Å². The van der Waals surface area contributed by atoms with Crippen molar-refractivity contribution in [1.82, 2.24) is 4.57 Å². The van der Waals surface area contributed by atoms with Crippen molar-refractivity contribution in [3.8, 4) is 5.75 Å². The Morgan fingerprint density at radius 3 is 2.52 bits per heavy atom. The topological polar surface area (TPSA) is 31.2 Å². The number of ether oxygens (including phenoxy) is 1. The van der Waals surface area contributed by atoms with Gasteiger partial charge in [0.15, 0.2) is 0 Å². The summed E-state index contributed by atoms with van der Waals surface area (Å²) < 4.78 is 8.45. The number of benzene rings is 2. The second-order valence-corrected chi connectivity index (χ2v) is 5.60. The number of aromatic nitrogens is 1. The molecule has 0 atom stereocenters. The van der Waals surface area contributed by atoms with E-state index in [4.69, 9.17) is 4.74 Å². The molecule has 106 valence electrons. The molecule has 0 saturated heterocycles. The molecule has 1 heterocycles. The van der Waals surface area contributed by atoms with Gasteiger partial charge in [0.1, 0.15) is 12.4 Å². The standard InChI is InChI=1S/C17H14BrNO2/c18-14-6-8-15(9-7-14)21-12-11-19-16-4-2-1-3-13(16)5-10-17(19)20/h1-10H,11-12H2. The van der Waals surface area contributed by atoms with Crippen molar-refractivity contribution in [3.63, 3.8) is 0 Å². The first-order chi connectivity index (χ1) is 10.2. The van der Waals surface area contributed by atoms with Crippen LogP contribution < -0.4 is 10.3 Å². The van der Waals surface area contributed by atoms with E-state index < -0.39 is 0 Å². The van der Waals surface area contributed by atoms with Crippen LogP contribution in [0.1, 0.15) is 0 Å². The molecule has 0 fully saturated rings. The molecular formula is C17H14BrNO2. The van der Waals surface area contributed by atoms with Crippen LogP contribution >= 0.6 is 15.9 Å². The van der Waals surface area contributed by atoms with Crippen LogP contribution in [0.25, 0.3) is 10.9 Å². The van der Waals surface area contributed by atoms with Gasteiger partial charge in [-0.1, -0.05) is 34.1 Å². The van der Waals surface area contributed by atoms with E-state index >= 15 is 0 Å². The van der Waals surface area contributed by atoms with Gasteiger partial charge in [-0.2, -0.15) is 0 Å². The first-order valence-corrected chi connectivity index (χ1v) is 7.50. The number of pyridine rings is 1. The van der Waals surface area contributed by atoms with E-state index in [-0.39, 0.29) is 5.56 Å². The molecule has 0 saturated carbocycles. The number of nitrogens with zero attached hydrogens (tertiary/aromatic N) is 1. The maximum absolute atomic E-state index is 12.0. The fourth-order valence-corrected chi connectivity index (χ4v) is 2.52. The van der Waals surface area contributed by atoms with Crippen molar-refractivity contribution in [1.29, 1.82) is 0 Å². The summed E-state index contributed by atoms with van der Waals surface area (Å²) in [6.45, 7) is 0.978. The van der Waals surface area contributed by atoms with Crippen LogP contribution in [0.5, 0.6) is 5.75 Å². The van der Waals surface area contributed by atoms with Crippen LogP contribution in [0, 0.1) is 0 Å². The number of para-hydroxylation sites is 1. The zero-order valence-corrected chi connectivity index (χ0v) is 12.9. The molecule has 2 aromatic carbocycles. The van der Waals surface area contributed by atoms with Crippen LogP contribution in [0.4, 0.5) is 0 Å². The average Bonchev–Trinajstić information content (AvgIpc) is 2.51. The lowest BCUT2D eigenvalue weighted by Crippen LogP contribution is -2.22. The second-order valence-electron chi connectivity index (χ2n) is 4.68. The van der Waals surface area contributed by atoms with Gasteiger partial charge in [0.2, 0.25) is 0 Å². The first-order valence-electron chi connectivity index (χ1n) is 6.71. The summed E-state index contributed by atoms with van der Waals surface area (Å²) in [7, 11) is 0. The maximum Gasteiger partial charge on any atom is 0.251 e. The van der Waals surface area contributed by atoms with E-state index in [1.807, 2.05) is 54.6 Å². The predicted molar refractivity (Wildman–Crippen MR) is 87.8 cm³/mol. The molecule has 0 bridgehead atoms. The van der Waals surface area contributed by atoms with E-state index in [9.17, 15) is 4.79 Å². The predicted octanol–water partition coefficient (Wildman–Crippen LogP) is 3.84. The second kappa shape index (κ2) is 6.14. The highest BCUT2D eigenvalue weighted by Crippen LogP contribution is 2.16. The van der Waals surface area contributed by atoms with Gasteiger partial charge in [0.25, 0.3) is 5.56 Å². The molecule has 0 N–H and O–H groups in total. The minimum Gasteiger partial charge on any atom is -0.492 e. The Bertz CT molecular complexity index is 809. The van der Waals surface area contributed by atoms with E-state index in [1.54, 1.807) is 10.6 Å². The van der Waals surface area contributed by atoms with Crippen molar-refractivity contribution in [2.24, 2.45) is 0 Å². The van der Waals surface area contributed by atoms with E-state index in [0.717, 1.165) is 21.1 Å². The summed E-state index contributed by atoms with van der Waals surface area (Å²) in [4.78, 5) is 12.0. The molecule has 0 amide bonds. The van der Waals surface area contributed by atoms with Crippen LogP contribution in [-0.4, -0.2) is 11.2 Å². The summed E-state index contributed by atoms with van der Waals surface area (Å²) in [6.07, 6.45) is 0. The van der Waals surface area contributed by atoms with E-state index in [0.29, 0.717) is 13.2 Å². The van der Waals surface area contributed by atoms with Crippen molar-refractivity contribution in [3.05, 3.63) is 75.5 Å². The fraction of sp³-hybridized carbons (Fsp3) is 0.118. The lowest BCUT2D eigenvalue weighted by atomic mass is 10.2. The molecule has 3 nitrogen and oxygen atoms in total. The Labute approximate surface area is 130 Å². The van der Waals surface area contributed by atoms with Crippen LogP contribution in [0.3, 0.4) is 0 Å². The molecule has 4 heteroatoms. The smallest absolute Gasteiger partial charge is 0.251 e. The van der Waals surface area contributed by atoms with Crippen LogP contribution in [-0.2, 0) is 6.54 Å². The van der Waals surface area contributed by atoms with Gasteiger partial charge >= 0.3 is 0 Å². The molecule has 0 aliphatic heterocycles. The zero-order chi connectivity index (χ0) is 14.7. The lowest BCUT2D eigenvalue weighted by Gasteiger charge is -2.11. The van der Waals surface area contributed by atoms with Gasteiger partial charge in [-0.25, -0.2) is 0 Å². The minimum atomic E-state index is -0.00638. The maximum atomic E-state index is 12.0. The highest BCUT2D eigenvalue weighted by molar-refractivity contribution is 9.10. The van der Waals surface area contributed by atoms with E-state index in [1.165, 1.54) is 0 Å². The van der Waals surface area contributed by atoms with Gasteiger partial charge in [-0.15, -0.1) is 0 Å². The summed E-state index contributed by atoms with van der Waals surface area (Å²) >= 11 is 3.39. The third-order valence-corrected chi connectivity index (χ3v) is 3.82. The van der Waals surface area contributed by atoms with Gasteiger partial charge in [-0.05, 0) is 41.8 Å². The fourth-order valence-electron chi connectivity index (χ4n) is 2.26. The first kappa shape index (κ1) is 13.9. The van der Waals surface area contributed by atoms with Gasteiger partial charge < -0.3 is 9.30 Å². The highest BCUT2D eigenvalue weighted by Gasteiger charge is 2.02. The molecule has 0 aliphatic carbocycles. The molecule has 3 aromatic rings. The lowest BCUT2D eigenvalue weighted by molar-refractivity contribution is 0.298. The Morgan fingerprint density at radius 1 is 0.952 bits per heavy atom. The van der Waals surface area contributed by atoms with Crippen LogP contribution in [0.2, 0.25) is 0 Å².